The number of carbonyl (C=O) groups is 3. The maximum absolute atomic E-state index is 12.8. The summed E-state index contributed by atoms with van der Waals surface area (Å²) in [6, 6.07) is 11.2. The fourth-order valence-electron chi connectivity index (χ4n) is 3.80. The molecule has 0 aliphatic carbocycles. The maximum atomic E-state index is 12.8. The van der Waals surface area contributed by atoms with Crippen molar-refractivity contribution in [1.82, 2.24) is 10.2 Å². The Labute approximate surface area is 166 Å². The van der Waals surface area contributed by atoms with Crippen LogP contribution in [-0.4, -0.2) is 35.2 Å². The van der Waals surface area contributed by atoms with Crippen molar-refractivity contribution < 1.29 is 14.4 Å². The molecule has 0 spiro atoms. The topological polar surface area (TPSA) is 66.5 Å². The van der Waals surface area contributed by atoms with Gasteiger partial charge >= 0.3 is 0 Å². The number of benzene rings is 2. The smallest absolute Gasteiger partial charge is 0.261 e. The average molecular weight is 380 g/mol. The minimum Gasteiger partial charge on any atom is -0.354 e. The van der Waals surface area contributed by atoms with Crippen LogP contribution in [0.15, 0.2) is 36.4 Å². The molecule has 0 saturated heterocycles. The van der Waals surface area contributed by atoms with E-state index in [0.717, 1.165) is 30.0 Å². The van der Waals surface area contributed by atoms with Gasteiger partial charge in [0.25, 0.3) is 11.8 Å². The van der Waals surface area contributed by atoms with Crippen LogP contribution in [0.2, 0.25) is 0 Å². The molecule has 1 aliphatic heterocycles. The van der Waals surface area contributed by atoms with Gasteiger partial charge in [0.05, 0.1) is 0 Å². The highest BCUT2D eigenvalue weighted by atomic mass is 16.2. The molecule has 1 aliphatic rings. The third-order valence-corrected chi connectivity index (χ3v) is 5.29. The fourth-order valence-corrected chi connectivity index (χ4v) is 3.80. The molecular weight excluding hydrogens is 352 g/mol. The summed E-state index contributed by atoms with van der Waals surface area (Å²) in [6.07, 6.45) is 5.19. The molecule has 1 atom stereocenters. The van der Waals surface area contributed by atoms with E-state index in [4.69, 9.17) is 0 Å². The van der Waals surface area contributed by atoms with Gasteiger partial charge in [-0.05, 0) is 37.3 Å². The number of unbranched alkanes of at least 4 members (excludes halogenated alkanes) is 2. The van der Waals surface area contributed by atoms with Crippen molar-refractivity contribution in [2.24, 2.45) is 0 Å². The highest BCUT2D eigenvalue weighted by Crippen LogP contribution is 2.30. The Hall–Kier alpha value is -2.69. The minimum atomic E-state index is -0.275. The summed E-state index contributed by atoms with van der Waals surface area (Å²) in [5, 5.41) is 4.63. The molecule has 5 heteroatoms. The van der Waals surface area contributed by atoms with Crippen molar-refractivity contribution in [3.8, 4) is 0 Å². The van der Waals surface area contributed by atoms with Crippen LogP contribution in [0.5, 0.6) is 0 Å². The van der Waals surface area contributed by atoms with Gasteiger partial charge in [0.2, 0.25) is 5.91 Å². The second kappa shape index (κ2) is 9.00. The molecule has 5 nitrogen and oxygen atoms in total. The largest absolute Gasteiger partial charge is 0.354 e. The van der Waals surface area contributed by atoms with Crippen LogP contribution < -0.4 is 5.32 Å². The predicted molar refractivity (Wildman–Crippen MR) is 110 cm³/mol. The van der Waals surface area contributed by atoms with Crippen LogP contribution in [-0.2, 0) is 4.79 Å². The lowest BCUT2D eigenvalue weighted by Gasteiger charge is -2.27. The van der Waals surface area contributed by atoms with Crippen LogP contribution in [0.1, 0.15) is 73.1 Å². The molecule has 0 radical (unpaired) electrons. The first-order valence-corrected chi connectivity index (χ1v) is 10.2. The third-order valence-electron chi connectivity index (χ3n) is 5.29. The molecule has 3 rings (SSSR count). The molecule has 0 fully saturated rings. The van der Waals surface area contributed by atoms with E-state index < -0.39 is 0 Å². The van der Waals surface area contributed by atoms with Crippen molar-refractivity contribution in [2.45, 2.75) is 58.4 Å². The number of nitrogens with one attached hydrogen (secondary N) is 1. The van der Waals surface area contributed by atoms with Crippen LogP contribution in [0.4, 0.5) is 0 Å². The van der Waals surface area contributed by atoms with Gasteiger partial charge in [-0.3, -0.25) is 19.3 Å². The molecular formula is C23H28N2O3. The molecule has 0 unspecified atom stereocenters. The molecule has 1 N–H and O–H groups in total. The molecule has 0 saturated carbocycles. The minimum absolute atomic E-state index is 0.0246. The zero-order valence-corrected chi connectivity index (χ0v) is 16.7. The van der Waals surface area contributed by atoms with Crippen molar-refractivity contribution >= 4 is 28.5 Å². The predicted octanol–water partition coefficient (Wildman–Crippen LogP) is 4.30. The van der Waals surface area contributed by atoms with Gasteiger partial charge in [0, 0.05) is 35.5 Å². The van der Waals surface area contributed by atoms with E-state index in [9.17, 15) is 14.4 Å². The summed E-state index contributed by atoms with van der Waals surface area (Å²) < 4.78 is 0. The van der Waals surface area contributed by atoms with Crippen LogP contribution in [0.25, 0.3) is 10.8 Å². The van der Waals surface area contributed by atoms with Crippen LogP contribution in [0, 0.1) is 0 Å². The molecule has 2 aromatic carbocycles. The zero-order chi connectivity index (χ0) is 20.1. The van der Waals surface area contributed by atoms with E-state index in [1.54, 1.807) is 12.1 Å². The molecule has 1 heterocycles. The second-order valence-corrected chi connectivity index (χ2v) is 7.54. The first-order valence-electron chi connectivity index (χ1n) is 10.2. The van der Waals surface area contributed by atoms with Crippen molar-refractivity contribution in [3.63, 3.8) is 0 Å². The lowest BCUT2D eigenvalue weighted by atomic mass is 9.94. The standard InChI is InChI=1S/C23H28N2O3/c1-3-4-5-9-16(2)24-20(26)14-8-15-25-22(27)18-12-6-10-17-11-7-13-19(21(17)18)23(25)28/h6-7,10-13,16H,3-5,8-9,14-15H2,1-2H3,(H,24,26)/t16-/m0/s1. The van der Waals surface area contributed by atoms with Gasteiger partial charge in [-0.15, -0.1) is 0 Å². The summed E-state index contributed by atoms with van der Waals surface area (Å²) in [5.74, 6) is -0.575. The highest BCUT2D eigenvalue weighted by Gasteiger charge is 2.32. The SMILES string of the molecule is CCCCC[C@H](C)NC(=O)CCCN1C(=O)c2cccc3cccc(c23)C1=O. The number of rotatable bonds is 9. The van der Waals surface area contributed by atoms with E-state index in [0.29, 0.717) is 24.0 Å². The first-order chi connectivity index (χ1) is 13.5. The second-order valence-electron chi connectivity index (χ2n) is 7.54. The molecule has 148 valence electrons. The summed E-state index contributed by atoms with van der Waals surface area (Å²) in [5.41, 5.74) is 1.11. The van der Waals surface area contributed by atoms with Gasteiger partial charge in [0.15, 0.2) is 0 Å². The van der Waals surface area contributed by atoms with Gasteiger partial charge in [-0.2, -0.15) is 0 Å². The molecule has 3 amide bonds. The van der Waals surface area contributed by atoms with Gasteiger partial charge < -0.3 is 5.32 Å². The first kappa shape index (κ1) is 20.1. The number of carbonyl (C=O) groups excluding carboxylic acids is 3. The Morgan fingerprint density at radius 1 is 1.00 bits per heavy atom. The monoisotopic (exact) mass is 380 g/mol. The maximum Gasteiger partial charge on any atom is 0.261 e. The number of hydrogen-bond acceptors (Lipinski definition) is 3. The van der Waals surface area contributed by atoms with Crippen molar-refractivity contribution in [1.29, 1.82) is 0 Å². The summed E-state index contributed by atoms with van der Waals surface area (Å²) >= 11 is 0. The van der Waals surface area contributed by atoms with E-state index in [2.05, 4.69) is 12.2 Å². The van der Waals surface area contributed by atoms with E-state index in [-0.39, 0.29) is 30.3 Å². The molecule has 0 aromatic heterocycles. The van der Waals surface area contributed by atoms with E-state index in [1.807, 2.05) is 31.2 Å². The van der Waals surface area contributed by atoms with E-state index >= 15 is 0 Å². The molecule has 28 heavy (non-hydrogen) atoms. The van der Waals surface area contributed by atoms with Crippen LogP contribution >= 0.6 is 0 Å². The summed E-state index contributed by atoms with van der Waals surface area (Å²) in [6.45, 7) is 4.42. The fraction of sp³-hybridized carbons (Fsp3) is 0.435. The lowest BCUT2D eigenvalue weighted by Crippen LogP contribution is -2.41. The van der Waals surface area contributed by atoms with Gasteiger partial charge in [-0.1, -0.05) is 50.5 Å². The Morgan fingerprint density at radius 3 is 2.25 bits per heavy atom. The lowest BCUT2D eigenvalue weighted by molar-refractivity contribution is -0.121. The zero-order valence-electron chi connectivity index (χ0n) is 16.7. The highest BCUT2D eigenvalue weighted by molar-refractivity contribution is 6.25. The summed E-state index contributed by atoms with van der Waals surface area (Å²) in [7, 11) is 0. The number of nitrogens with zero attached hydrogens (tertiary/aromatic N) is 1. The Kier molecular flexibility index (Phi) is 6.45. The number of amides is 3. The summed E-state index contributed by atoms with van der Waals surface area (Å²) in [4.78, 5) is 39.1. The normalized spacial score (nSPS) is 14.4. The van der Waals surface area contributed by atoms with E-state index in [1.165, 1.54) is 11.3 Å². The molecule has 0 bridgehead atoms. The van der Waals surface area contributed by atoms with Crippen molar-refractivity contribution in [2.75, 3.05) is 6.54 Å². The third kappa shape index (κ3) is 4.24. The van der Waals surface area contributed by atoms with Crippen molar-refractivity contribution in [3.05, 3.63) is 47.5 Å². The van der Waals surface area contributed by atoms with Crippen LogP contribution in [0.3, 0.4) is 0 Å². The van der Waals surface area contributed by atoms with Gasteiger partial charge in [0.1, 0.15) is 0 Å². The Morgan fingerprint density at radius 2 is 1.64 bits per heavy atom. The number of hydrogen-bond donors (Lipinski definition) is 1. The average Bonchev–Trinajstić information content (AvgIpc) is 2.68. The Bertz CT molecular complexity index is 840. The molecule has 2 aromatic rings. The van der Waals surface area contributed by atoms with Gasteiger partial charge in [-0.25, -0.2) is 0 Å². The number of imide groups is 1. The quantitative estimate of drug-likeness (QED) is 0.521. The Balaban J connectivity index is 1.58.